The van der Waals surface area contributed by atoms with E-state index in [4.69, 9.17) is 14.7 Å². The van der Waals surface area contributed by atoms with E-state index in [1.165, 1.54) is 60.2 Å². The highest BCUT2D eigenvalue weighted by molar-refractivity contribution is 5.97. The van der Waals surface area contributed by atoms with Crippen molar-refractivity contribution in [2.75, 3.05) is 49.6 Å². The maximum Gasteiger partial charge on any atom is 0.318 e. The van der Waals surface area contributed by atoms with Gasteiger partial charge in [0.15, 0.2) is 0 Å². The van der Waals surface area contributed by atoms with Gasteiger partial charge in [-0.1, -0.05) is 56.2 Å². The van der Waals surface area contributed by atoms with Gasteiger partial charge in [-0.15, -0.1) is 0 Å². The number of benzene rings is 2. The van der Waals surface area contributed by atoms with Crippen molar-refractivity contribution in [3.63, 3.8) is 0 Å². The molecular formula is C36H43N7O2. The molecule has 1 aliphatic carbocycles. The number of aryl methyl sites for hydroxylation is 1. The molecule has 1 aromatic heterocycles. The summed E-state index contributed by atoms with van der Waals surface area (Å²) < 4.78 is 6.29. The molecule has 2 aliphatic heterocycles. The Hall–Kier alpha value is -4.42. The number of carbonyl (C=O) groups excluding carboxylic acids is 1. The average Bonchev–Trinajstić information content (AvgIpc) is 3.07. The van der Waals surface area contributed by atoms with E-state index in [-0.39, 0.29) is 12.3 Å². The summed E-state index contributed by atoms with van der Waals surface area (Å²) in [6.07, 6.45) is 10.5. The molecule has 0 atom stereocenters. The number of nitriles is 1. The number of hydrogen-bond donors (Lipinski definition) is 0. The van der Waals surface area contributed by atoms with Crippen molar-refractivity contribution in [3.8, 4) is 12.1 Å². The molecule has 3 aliphatic rings. The summed E-state index contributed by atoms with van der Waals surface area (Å²) in [5.41, 5.74) is 5.14. The van der Waals surface area contributed by atoms with Crippen molar-refractivity contribution in [2.45, 2.75) is 64.5 Å². The van der Waals surface area contributed by atoms with Crippen molar-refractivity contribution in [1.29, 1.82) is 5.26 Å². The molecule has 0 bridgehead atoms. The summed E-state index contributed by atoms with van der Waals surface area (Å²) in [6.45, 7) is 9.60. The first kappa shape index (κ1) is 30.6. The predicted octanol–water partition coefficient (Wildman–Crippen LogP) is 5.73. The van der Waals surface area contributed by atoms with Crippen molar-refractivity contribution in [3.05, 3.63) is 77.8 Å². The van der Waals surface area contributed by atoms with Crippen molar-refractivity contribution < 1.29 is 9.53 Å². The van der Waals surface area contributed by atoms with Gasteiger partial charge in [0.2, 0.25) is 5.91 Å². The minimum atomic E-state index is -0.201. The lowest BCUT2D eigenvalue weighted by Crippen LogP contribution is -2.42. The van der Waals surface area contributed by atoms with Gasteiger partial charge >= 0.3 is 6.01 Å². The Balaban J connectivity index is 1.32. The normalized spacial score (nSPS) is 17.2. The van der Waals surface area contributed by atoms with Crippen LogP contribution in [0, 0.1) is 18.3 Å². The van der Waals surface area contributed by atoms with Crippen LogP contribution in [0.15, 0.2) is 61.0 Å². The molecule has 9 heteroatoms. The maximum absolute atomic E-state index is 12.5. The lowest BCUT2D eigenvalue weighted by Gasteiger charge is -2.37. The first-order chi connectivity index (χ1) is 22.0. The Bertz CT molecular complexity index is 1630. The number of anilines is 2. The number of likely N-dealkylation sites (N-methyl/N-ethyl adjacent to an activating group) is 1. The van der Waals surface area contributed by atoms with Crippen molar-refractivity contribution >= 4 is 28.2 Å². The number of allylic oxidation sites excluding steroid dienone is 1. The molecule has 1 fully saturated rings. The predicted molar refractivity (Wildman–Crippen MR) is 178 cm³/mol. The van der Waals surface area contributed by atoms with Crippen LogP contribution < -0.4 is 14.5 Å². The van der Waals surface area contributed by atoms with Gasteiger partial charge in [0.25, 0.3) is 0 Å². The molecule has 3 heterocycles. The number of carbonyl (C=O) groups is 1. The van der Waals surface area contributed by atoms with Gasteiger partial charge in [-0.05, 0) is 56.3 Å². The fourth-order valence-corrected chi connectivity index (χ4v) is 7.07. The highest BCUT2D eigenvalue weighted by Crippen LogP contribution is 2.36. The van der Waals surface area contributed by atoms with Crippen LogP contribution in [0.25, 0.3) is 10.8 Å². The van der Waals surface area contributed by atoms with Crippen molar-refractivity contribution in [2.24, 2.45) is 0 Å². The minimum Gasteiger partial charge on any atom is -0.462 e. The number of ether oxygens (including phenoxy) is 1. The number of rotatable bonds is 9. The standard InChI is InChI=1S/C36H43N7O2/c1-4-33(44)43-21-20-42(24-29(43)16-18-37)35-30-17-19-41(32-15-9-12-27-11-8-10-26(2)34(27)32)25-31(30)38-36(39-35)45-23-22-40(3)28-13-6-5-7-14-28/h4,8-12,15,24,28H,1,5-7,13-14,16-17,19-23,25H2,2-3H3. The second-order valence-corrected chi connectivity index (χ2v) is 12.3. The average molecular weight is 606 g/mol. The van der Waals surface area contributed by atoms with E-state index in [2.05, 4.69) is 77.7 Å². The molecule has 2 aromatic carbocycles. The summed E-state index contributed by atoms with van der Waals surface area (Å²) in [5, 5.41) is 12.0. The zero-order valence-electron chi connectivity index (χ0n) is 26.5. The number of amides is 1. The number of aromatic nitrogens is 2. The monoisotopic (exact) mass is 605 g/mol. The van der Waals surface area contributed by atoms with Crippen LogP contribution in [0.3, 0.4) is 0 Å². The first-order valence-electron chi connectivity index (χ1n) is 16.2. The first-order valence-corrected chi connectivity index (χ1v) is 16.2. The third-order valence-electron chi connectivity index (χ3n) is 9.52. The SMILES string of the molecule is C=CC(=O)N1CCN(c2nc(OCCN(C)C3CCCCC3)nc3c2CCN(c2cccc4cccc(C)c24)C3)C=C1CC#N. The minimum absolute atomic E-state index is 0.119. The number of hydrogen-bond acceptors (Lipinski definition) is 8. The molecule has 0 spiro atoms. The maximum atomic E-state index is 12.5. The van der Waals surface area contributed by atoms with E-state index in [0.29, 0.717) is 44.0 Å². The van der Waals surface area contributed by atoms with Gasteiger partial charge in [-0.2, -0.15) is 15.2 Å². The van der Waals surface area contributed by atoms with Crippen LogP contribution in [0.1, 0.15) is 55.3 Å². The van der Waals surface area contributed by atoms with Gasteiger partial charge in [0.05, 0.1) is 30.4 Å². The molecule has 3 aromatic rings. The van der Waals surface area contributed by atoms with E-state index in [1.54, 1.807) is 4.90 Å². The Labute approximate surface area is 266 Å². The van der Waals surface area contributed by atoms with E-state index < -0.39 is 0 Å². The topological polar surface area (TPSA) is 88.8 Å². The zero-order chi connectivity index (χ0) is 31.3. The largest absolute Gasteiger partial charge is 0.462 e. The Morgan fingerprint density at radius 3 is 2.71 bits per heavy atom. The third kappa shape index (κ3) is 6.52. The molecule has 0 unspecified atom stereocenters. The van der Waals surface area contributed by atoms with Gasteiger partial charge in [-0.3, -0.25) is 4.79 Å². The molecular weight excluding hydrogens is 562 g/mol. The van der Waals surface area contributed by atoms with Gasteiger partial charge in [0.1, 0.15) is 12.4 Å². The molecule has 0 N–H and O–H groups in total. The quantitative estimate of drug-likeness (QED) is 0.286. The number of nitrogens with zero attached hydrogens (tertiary/aromatic N) is 7. The molecule has 0 saturated heterocycles. The smallest absolute Gasteiger partial charge is 0.318 e. The summed E-state index contributed by atoms with van der Waals surface area (Å²) in [5.74, 6) is 0.596. The number of fused-ring (bicyclic) bond motifs is 2. The van der Waals surface area contributed by atoms with Crippen LogP contribution in [-0.2, 0) is 17.8 Å². The molecule has 1 saturated carbocycles. The Morgan fingerprint density at radius 2 is 1.93 bits per heavy atom. The summed E-state index contributed by atoms with van der Waals surface area (Å²) in [7, 11) is 2.19. The fraction of sp³-hybridized carbons (Fsp3) is 0.444. The van der Waals surface area contributed by atoms with Crippen LogP contribution in [0.5, 0.6) is 6.01 Å². The zero-order valence-corrected chi connectivity index (χ0v) is 26.5. The third-order valence-corrected chi connectivity index (χ3v) is 9.52. The lowest BCUT2D eigenvalue weighted by atomic mass is 9.94. The summed E-state index contributed by atoms with van der Waals surface area (Å²) in [6, 6.07) is 16.1. The van der Waals surface area contributed by atoms with E-state index in [1.807, 2.05) is 6.20 Å². The molecule has 0 radical (unpaired) electrons. The van der Waals surface area contributed by atoms with Crippen LogP contribution in [0.2, 0.25) is 0 Å². The second-order valence-electron chi connectivity index (χ2n) is 12.3. The van der Waals surface area contributed by atoms with Gasteiger partial charge < -0.3 is 24.3 Å². The van der Waals surface area contributed by atoms with E-state index in [9.17, 15) is 10.1 Å². The van der Waals surface area contributed by atoms with E-state index in [0.717, 1.165) is 36.6 Å². The second kappa shape index (κ2) is 13.7. The van der Waals surface area contributed by atoms with E-state index >= 15 is 0 Å². The molecule has 1 amide bonds. The van der Waals surface area contributed by atoms with Gasteiger partial charge in [0, 0.05) is 55.1 Å². The van der Waals surface area contributed by atoms with Crippen LogP contribution in [-0.4, -0.2) is 71.6 Å². The summed E-state index contributed by atoms with van der Waals surface area (Å²) >= 11 is 0. The molecule has 6 rings (SSSR count). The van der Waals surface area contributed by atoms with Crippen molar-refractivity contribution in [1.82, 2.24) is 19.8 Å². The Morgan fingerprint density at radius 1 is 1.13 bits per heavy atom. The van der Waals surface area contributed by atoms with Gasteiger partial charge in [-0.25, -0.2) is 0 Å². The van der Waals surface area contributed by atoms with Crippen LogP contribution >= 0.6 is 0 Å². The highest BCUT2D eigenvalue weighted by Gasteiger charge is 2.30. The molecule has 45 heavy (non-hydrogen) atoms. The highest BCUT2D eigenvalue weighted by atomic mass is 16.5. The Kier molecular flexibility index (Phi) is 9.31. The molecule has 234 valence electrons. The van der Waals surface area contributed by atoms with Crippen LogP contribution in [0.4, 0.5) is 11.5 Å². The lowest BCUT2D eigenvalue weighted by molar-refractivity contribution is -0.124. The summed E-state index contributed by atoms with van der Waals surface area (Å²) in [4.78, 5) is 31.0. The fourth-order valence-electron chi connectivity index (χ4n) is 7.07. The molecule has 9 nitrogen and oxygen atoms in total.